The number of hydrogen-bond acceptors (Lipinski definition) is 0. The quantitative estimate of drug-likeness (QED) is 0.672. The predicted octanol–water partition coefficient (Wildman–Crippen LogP) is 3.42. The van der Waals surface area contributed by atoms with Gasteiger partial charge < -0.3 is 0 Å². The second-order valence-electron chi connectivity index (χ2n) is 2.42. The fraction of sp³-hybridized carbons (Fsp3) is 0.500. The van der Waals surface area contributed by atoms with Gasteiger partial charge >= 0.3 is 0 Å². The Kier molecular flexibility index (Phi) is 3.71. The maximum absolute atomic E-state index is 3.44. The fourth-order valence-corrected chi connectivity index (χ4v) is 1.88. The number of hydrogen-bond donors (Lipinski definition) is 0. The van der Waals surface area contributed by atoms with E-state index in [9.17, 15) is 0 Å². The molecule has 0 radical (unpaired) electrons. The fourth-order valence-electron chi connectivity index (χ4n) is 0.946. The van der Waals surface area contributed by atoms with E-state index < -0.39 is 0 Å². The molecule has 0 N–H and O–H groups in total. The molecule has 0 aromatic carbocycles. The topological polar surface area (TPSA) is 0 Å². The van der Waals surface area contributed by atoms with Crippen LogP contribution in [0, 0.1) is 0 Å². The van der Waals surface area contributed by atoms with Crippen molar-refractivity contribution in [1.29, 1.82) is 0 Å². The Balaban J connectivity index is 2.55. The van der Waals surface area contributed by atoms with E-state index >= 15 is 0 Å². The van der Waals surface area contributed by atoms with Gasteiger partial charge in [-0.3, -0.25) is 0 Å². The van der Waals surface area contributed by atoms with Crippen molar-refractivity contribution in [2.75, 3.05) is 10.7 Å². The molecule has 1 rings (SSSR count). The average molecular weight is 266 g/mol. The van der Waals surface area contributed by atoms with E-state index in [1.54, 1.807) is 0 Å². The zero-order valence-corrected chi connectivity index (χ0v) is 8.91. The highest BCUT2D eigenvalue weighted by Gasteiger charge is 2.02. The molecular weight excluding hydrogens is 256 g/mol. The van der Waals surface area contributed by atoms with Crippen molar-refractivity contribution < 1.29 is 0 Å². The second-order valence-corrected chi connectivity index (χ2v) is 3.54. The summed E-state index contributed by atoms with van der Waals surface area (Å²) in [4.78, 5) is 0. The van der Waals surface area contributed by atoms with Crippen LogP contribution in [-0.4, -0.2) is 10.7 Å². The van der Waals surface area contributed by atoms with Gasteiger partial charge in [0.1, 0.15) is 0 Å². The van der Waals surface area contributed by atoms with Crippen molar-refractivity contribution in [1.82, 2.24) is 0 Å². The Labute approximate surface area is 78.6 Å². The van der Waals surface area contributed by atoms with E-state index in [-0.39, 0.29) is 0 Å². The van der Waals surface area contributed by atoms with E-state index in [1.165, 1.54) is 24.0 Å². The van der Waals surface area contributed by atoms with E-state index in [1.807, 2.05) is 0 Å². The van der Waals surface area contributed by atoms with Crippen LogP contribution in [0.5, 0.6) is 0 Å². The molecule has 0 aliphatic heterocycles. The molecule has 0 nitrogen and oxygen atoms in total. The van der Waals surface area contributed by atoms with Gasteiger partial charge in [0.25, 0.3) is 0 Å². The first kappa shape index (κ1) is 8.54. The molecule has 0 amide bonds. The van der Waals surface area contributed by atoms with Gasteiger partial charge in [0.15, 0.2) is 0 Å². The van der Waals surface area contributed by atoms with E-state index in [0.717, 1.165) is 10.7 Å². The predicted molar refractivity (Wildman–Crippen MR) is 53.0 cm³/mol. The molecular formula is C8H10Br2. The first-order valence-corrected chi connectivity index (χ1v) is 5.60. The highest BCUT2D eigenvalue weighted by atomic mass is 79.9. The minimum absolute atomic E-state index is 1.03. The van der Waals surface area contributed by atoms with Crippen LogP contribution in [0.4, 0.5) is 0 Å². The molecule has 0 aromatic rings. The third kappa shape index (κ3) is 2.24. The van der Waals surface area contributed by atoms with Crippen LogP contribution in [0.25, 0.3) is 0 Å². The first-order chi connectivity index (χ1) is 4.86. The second kappa shape index (κ2) is 4.35. The van der Waals surface area contributed by atoms with Crippen molar-refractivity contribution in [3.63, 3.8) is 0 Å². The Hall–Kier alpha value is 0.440. The lowest BCUT2D eigenvalue weighted by atomic mass is 10.0. The summed E-state index contributed by atoms with van der Waals surface area (Å²) in [5.41, 5.74) is 3.01. The first-order valence-electron chi connectivity index (χ1n) is 3.36. The van der Waals surface area contributed by atoms with Gasteiger partial charge in [0.2, 0.25) is 0 Å². The Morgan fingerprint density at radius 1 is 1.00 bits per heavy atom. The molecule has 0 saturated heterocycles. The minimum atomic E-state index is 1.03. The van der Waals surface area contributed by atoms with Crippen LogP contribution in [0.3, 0.4) is 0 Å². The van der Waals surface area contributed by atoms with Gasteiger partial charge in [-0.05, 0) is 12.8 Å². The monoisotopic (exact) mass is 264 g/mol. The molecule has 0 aromatic heterocycles. The zero-order chi connectivity index (χ0) is 7.40. The molecule has 0 spiro atoms. The lowest BCUT2D eigenvalue weighted by molar-refractivity contribution is 0.916. The van der Waals surface area contributed by atoms with Crippen molar-refractivity contribution in [3.8, 4) is 0 Å². The largest absolute Gasteiger partial charge is 0.0880 e. The molecule has 0 bridgehead atoms. The van der Waals surface area contributed by atoms with Crippen molar-refractivity contribution in [2.45, 2.75) is 12.8 Å². The number of halogens is 2. The summed E-state index contributed by atoms with van der Waals surface area (Å²) >= 11 is 6.89. The lowest BCUT2D eigenvalue weighted by Crippen LogP contribution is -1.94. The molecule has 10 heavy (non-hydrogen) atoms. The Morgan fingerprint density at radius 2 is 1.40 bits per heavy atom. The van der Waals surface area contributed by atoms with Gasteiger partial charge in [0.05, 0.1) is 0 Å². The van der Waals surface area contributed by atoms with Gasteiger partial charge in [-0.25, -0.2) is 0 Å². The lowest BCUT2D eigenvalue weighted by Gasteiger charge is -2.09. The van der Waals surface area contributed by atoms with Crippen LogP contribution in [-0.2, 0) is 0 Å². The molecule has 2 heteroatoms. The maximum atomic E-state index is 3.44. The van der Waals surface area contributed by atoms with Crippen LogP contribution in [0.2, 0.25) is 0 Å². The van der Waals surface area contributed by atoms with Crippen LogP contribution < -0.4 is 0 Å². The summed E-state index contributed by atoms with van der Waals surface area (Å²) in [5.74, 6) is 0. The highest BCUT2D eigenvalue weighted by Crippen LogP contribution is 2.20. The van der Waals surface area contributed by atoms with E-state index in [4.69, 9.17) is 0 Å². The summed E-state index contributed by atoms with van der Waals surface area (Å²) in [5, 5.41) is 2.05. The molecule has 1 aliphatic rings. The SMILES string of the molecule is BrCC1=CC=C(CBr)CC1. The molecule has 1 aliphatic carbocycles. The van der Waals surface area contributed by atoms with E-state index in [0.29, 0.717) is 0 Å². The summed E-state index contributed by atoms with van der Waals surface area (Å²) in [6.45, 7) is 0. The average Bonchev–Trinajstić information content (AvgIpc) is 2.05. The van der Waals surface area contributed by atoms with Crippen molar-refractivity contribution in [2.24, 2.45) is 0 Å². The van der Waals surface area contributed by atoms with Crippen LogP contribution >= 0.6 is 31.9 Å². The molecule has 0 atom stereocenters. The summed E-state index contributed by atoms with van der Waals surface area (Å²) in [7, 11) is 0. The van der Waals surface area contributed by atoms with Crippen LogP contribution in [0.1, 0.15) is 12.8 Å². The standard InChI is InChI=1S/C8H10Br2/c9-5-7-1-2-8(6-10)4-3-7/h1-2H,3-6H2. The molecule has 0 saturated carbocycles. The van der Waals surface area contributed by atoms with Crippen LogP contribution in [0.15, 0.2) is 23.3 Å². The smallest absolute Gasteiger partial charge is 0.0245 e. The molecule has 0 unspecified atom stereocenters. The summed E-state index contributed by atoms with van der Waals surface area (Å²) < 4.78 is 0. The number of allylic oxidation sites excluding steroid dienone is 4. The molecule has 0 heterocycles. The maximum Gasteiger partial charge on any atom is 0.0245 e. The van der Waals surface area contributed by atoms with Gasteiger partial charge in [-0.2, -0.15) is 0 Å². The van der Waals surface area contributed by atoms with Crippen molar-refractivity contribution >= 4 is 31.9 Å². The Morgan fingerprint density at radius 3 is 1.60 bits per heavy atom. The van der Waals surface area contributed by atoms with Gasteiger partial charge in [0, 0.05) is 10.7 Å². The third-order valence-electron chi connectivity index (χ3n) is 1.67. The Bertz CT molecular complexity index is 148. The van der Waals surface area contributed by atoms with Gasteiger partial charge in [-0.1, -0.05) is 55.2 Å². The molecule has 56 valence electrons. The third-order valence-corrected chi connectivity index (χ3v) is 3.11. The molecule has 0 fully saturated rings. The summed E-state index contributed by atoms with van der Waals surface area (Å²) in [6, 6.07) is 0. The minimum Gasteiger partial charge on any atom is -0.0880 e. The van der Waals surface area contributed by atoms with Gasteiger partial charge in [-0.15, -0.1) is 0 Å². The zero-order valence-electron chi connectivity index (χ0n) is 5.74. The number of alkyl halides is 2. The summed E-state index contributed by atoms with van der Waals surface area (Å²) in [6.07, 6.45) is 6.88. The van der Waals surface area contributed by atoms with E-state index in [2.05, 4.69) is 44.0 Å². The highest BCUT2D eigenvalue weighted by molar-refractivity contribution is 9.09. The normalized spacial score (nSPS) is 18.2. The van der Waals surface area contributed by atoms with Crippen molar-refractivity contribution in [3.05, 3.63) is 23.3 Å². The number of rotatable bonds is 2.